The van der Waals surface area contributed by atoms with Crippen molar-refractivity contribution >= 4 is 23.2 Å². The Hall–Kier alpha value is -1.02. The van der Waals surface area contributed by atoms with Gasteiger partial charge in [-0.3, -0.25) is 0 Å². The van der Waals surface area contributed by atoms with Crippen molar-refractivity contribution in [3.63, 3.8) is 0 Å². The van der Waals surface area contributed by atoms with Gasteiger partial charge in [0, 0.05) is 10.0 Å². The lowest BCUT2D eigenvalue weighted by Gasteiger charge is -2.11. The molecule has 0 saturated heterocycles. The highest BCUT2D eigenvalue weighted by molar-refractivity contribution is 6.35. The van der Waals surface area contributed by atoms with Crippen LogP contribution in [0.2, 0.25) is 10.0 Å². The molecule has 0 heterocycles. The van der Waals surface area contributed by atoms with Gasteiger partial charge in [-0.15, -0.1) is 0 Å². The van der Waals surface area contributed by atoms with Crippen molar-refractivity contribution in [1.29, 1.82) is 0 Å². The molecule has 0 aromatic heterocycles. The monoisotopic (exact) mass is 294 g/mol. The summed E-state index contributed by atoms with van der Waals surface area (Å²) >= 11 is 12.0. The number of aliphatic hydroxyl groups is 1. The van der Waals surface area contributed by atoms with Crippen molar-refractivity contribution in [1.82, 2.24) is 0 Å². The van der Waals surface area contributed by atoms with Crippen LogP contribution in [0.25, 0.3) is 0 Å². The first-order valence-corrected chi connectivity index (χ1v) is 7.09. The second-order valence-corrected chi connectivity index (χ2v) is 5.40. The SMILES string of the molecule is OC(CCCc1ccc(Cl)cc1Cl)c1ccccc1. The number of hydrogen-bond donors (Lipinski definition) is 1. The van der Waals surface area contributed by atoms with Crippen molar-refractivity contribution in [2.45, 2.75) is 25.4 Å². The first-order chi connectivity index (χ1) is 9.16. The molecule has 0 saturated carbocycles. The van der Waals surface area contributed by atoms with Crippen LogP contribution < -0.4 is 0 Å². The summed E-state index contributed by atoms with van der Waals surface area (Å²) in [6.45, 7) is 0. The van der Waals surface area contributed by atoms with Gasteiger partial charge in [0.25, 0.3) is 0 Å². The Morgan fingerprint density at radius 3 is 2.42 bits per heavy atom. The maximum atomic E-state index is 10.1. The van der Waals surface area contributed by atoms with Crippen molar-refractivity contribution < 1.29 is 5.11 Å². The van der Waals surface area contributed by atoms with E-state index < -0.39 is 6.10 Å². The Morgan fingerprint density at radius 1 is 1.00 bits per heavy atom. The van der Waals surface area contributed by atoms with Gasteiger partial charge >= 0.3 is 0 Å². The van der Waals surface area contributed by atoms with E-state index in [-0.39, 0.29) is 0 Å². The van der Waals surface area contributed by atoms with E-state index in [0.717, 1.165) is 30.4 Å². The molecule has 0 aliphatic rings. The molecule has 2 rings (SSSR count). The minimum absolute atomic E-state index is 0.410. The fourth-order valence-corrected chi connectivity index (χ4v) is 2.56. The van der Waals surface area contributed by atoms with E-state index in [9.17, 15) is 5.11 Å². The third kappa shape index (κ3) is 4.24. The van der Waals surface area contributed by atoms with Crippen LogP contribution in [0.15, 0.2) is 48.5 Å². The fourth-order valence-electron chi connectivity index (χ4n) is 2.05. The maximum absolute atomic E-state index is 10.1. The molecule has 1 nitrogen and oxygen atoms in total. The molecule has 1 unspecified atom stereocenters. The molecule has 100 valence electrons. The van der Waals surface area contributed by atoms with Gasteiger partial charge in [0.1, 0.15) is 0 Å². The van der Waals surface area contributed by atoms with E-state index in [1.807, 2.05) is 42.5 Å². The number of rotatable bonds is 5. The summed E-state index contributed by atoms with van der Waals surface area (Å²) in [5.74, 6) is 0. The predicted molar refractivity (Wildman–Crippen MR) is 80.8 cm³/mol. The molecule has 2 aromatic carbocycles. The Morgan fingerprint density at radius 2 is 1.74 bits per heavy atom. The number of aliphatic hydroxyl groups excluding tert-OH is 1. The topological polar surface area (TPSA) is 20.2 Å². The van der Waals surface area contributed by atoms with Crippen LogP contribution in [0.1, 0.15) is 30.1 Å². The standard InChI is InChI=1S/C16H16Cl2O/c17-14-10-9-12(15(18)11-14)7-4-8-16(19)13-5-2-1-3-6-13/h1-3,5-6,9-11,16,19H,4,7-8H2. The van der Waals surface area contributed by atoms with Crippen molar-refractivity contribution in [2.75, 3.05) is 0 Å². The summed E-state index contributed by atoms with van der Waals surface area (Å²) in [4.78, 5) is 0. The lowest BCUT2D eigenvalue weighted by molar-refractivity contribution is 0.164. The summed E-state index contributed by atoms with van der Waals surface area (Å²) < 4.78 is 0. The molecule has 0 radical (unpaired) electrons. The van der Waals surface area contributed by atoms with Crippen LogP contribution in [0.5, 0.6) is 0 Å². The fraction of sp³-hybridized carbons (Fsp3) is 0.250. The van der Waals surface area contributed by atoms with E-state index in [0.29, 0.717) is 10.0 Å². The first kappa shape index (κ1) is 14.4. The molecule has 1 N–H and O–H groups in total. The second kappa shape index (κ2) is 6.95. The van der Waals surface area contributed by atoms with Crippen LogP contribution in [0.3, 0.4) is 0 Å². The van der Waals surface area contributed by atoms with Gasteiger partial charge in [-0.05, 0) is 42.5 Å². The van der Waals surface area contributed by atoms with E-state index >= 15 is 0 Å². The molecule has 2 aromatic rings. The van der Waals surface area contributed by atoms with Crippen LogP contribution >= 0.6 is 23.2 Å². The smallest absolute Gasteiger partial charge is 0.0790 e. The quantitative estimate of drug-likeness (QED) is 0.818. The molecule has 0 spiro atoms. The zero-order chi connectivity index (χ0) is 13.7. The molecule has 0 aliphatic carbocycles. The lowest BCUT2D eigenvalue weighted by atomic mass is 10.0. The van der Waals surface area contributed by atoms with Crippen LogP contribution in [0, 0.1) is 0 Å². The van der Waals surface area contributed by atoms with Crippen molar-refractivity contribution in [3.05, 3.63) is 69.7 Å². The second-order valence-electron chi connectivity index (χ2n) is 4.55. The Bertz CT molecular complexity index is 526. The highest BCUT2D eigenvalue weighted by atomic mass is 35.5. The average molecular weight is 295 g/mol. The van der Waals surface area contributed by atoms with Gasteiger partial charge in [-0.25, -0.2) is 0 Å². The zero-order valence-corrected chi connectivity index (χ0v) is 12.0. The van der Waals surface area contributed by atoms with E-state index in [2.05, 4.69) is 0 Å². The minimum Gasteiger partial charge on any atom is -0.388 e. The zero-order valence-electron chi connectivity index (χ0n) is 10.5. The molecule has 0 amide bonds. The number of benzene rings is 2. The Labute approximate surface area is 123 Å². The number of hydrogen-bond acceptors (Lipinski definition) is 1. The van der Waals surface area contributed by atoms with Gasteiger partial charge in [-0.2, -0.15) is 0 Å². The van der Waals surface area contributed by atoms with E-state index in [1.54, 1.807) is 6.07 Å². The molecule has 3 heteroatoms. The average Bonchev–Trinajstić information content (AvgIpc) is 2.42. The van der Waals surface area contributed by atoms with E-state index in [4.69, 9.17) is 23.2 Å². The highest BCUT2D eigenvalue weighted by Crippen LogP contribution is 2.24. The lowest BCUT2D eigenvalue weighted by Crippen LogP contribution is -1.98. The third-order valence-electron chi connectivity index (χ3n) is 3.12. The summed E-state index contributed by atoms with van der Waals surface area (Å²) in [6.07, 6.45) is 2.05. The minimum atomic E-state index is -0.410. The van der Waals surface area contributed by atoms with Gasteiger partial charge in [0.15, 0.2) is 0 Å². The molecule has 0 aliphatic heterocycles. The third-order valence-corrected chi connectivity index (χ3v) is 3.71. The van der Waals surface area contributed by atoms with Crippen LogP contribution in [-0.4, -0.2) is 5.11 Å². The summed E-state index contributed by atoms with van der Waals surface area (Å²) in [7, 11) is 0. The van der Waals surface area contributed by atoms with Crippen molar-refractivity contribution in [3.8, 4) is 0 Å². The molecular formula is C16H16Cl2O. The Balaban J connectivity index is 1.86. The van der Waals surface area contributed by atoms with Gasteiger partial charge in [-0.1, -0.05) is 59.6 Å². The summed E-state index contributed by atoms with van der Waals surface area (Å²) in [5.41, 5.74) is 2.04. The number of aryl methyl sites for hydroxylation is 1. The predicted octanol–water partition coefficient (Wildman–Crippen LogP) is 5.05. The number of halogens is 2. The molecule has 1 atom stereocenters. The molecular weight excluding hydrogens is 279 g/mol. The van der Waals surface area contributed by atoms with Crippen LogP contribution in [-0.2, 0) is 6.42 Å². The summed E-state index contributed by atoms with van der Waals surface area (Å²) in [6, 6.07) is 15.3. The molecule has 19 heavy (non-hydrogen) atoms. The van der Waals surface area contributed by atoms with Crippen molar-refractivity contribution in [2.24, 2.45) is 0 Å². The molecule has 0 bridgehead atoms. The summed E-state index contributed by atoms with van der Waals surface area (Å²) in [5, 5.41) is 11.4. The van der Waals surface area contributed by atoms with Crippen LogP contribution in [0.4, 0.5) is 0 Å². The first-order valence-electron chi connectivity index (χ1n) is 6.34. The van der Waals surface area contributed by atoms with E-state index in [1.165, 1.54) is 0 Å². The Kier molecular flexibility index (Phi) is 5.26. The largest absolute Gasteiger partial charge is 0.388 e. The van der Waals surface area contributed by atoms with Gasteiger partial charge in [0.05, 0.1) is 6.10 Å². The maximum Gasteiger partial charge on any atom is 0.0790 e. The molecule has 0 fully saturated rings. The highest BCUT2D eigenvalue weighted by Gasteiger charge is 2.07. The normalized spacial score (nSPS) is 12.4. The van der Waals surface area contributed by atoms with Gasteiger partial charge in [0.2, 0.25) is 0 Å². The van der Waals surface area contributed by atoms with Gasteiger partial charge < -0.3 is 5.11 Å².